The number of hydrogen-bond acceptors (Lipinski definition) is 4. The normalized spacial score (nSPS) is 17.6. The lowest BCUT2D eigenvalue weighted by Crippen LogP contribution is -2.06. The van der Waals surface area contributed by atoms with Gasteiger partial charge >= 0.3 is 6.18 Å². The molecule has 0 amide bonds. The highest BCUT2D eigenvalue weighted by molar-refractivity contribution is 5.61. The van der Waals surface area contributed by atoms with Gasteiger partial charge in [-0.3, -0.25) is 0 Å². The number of halogens is 3. The van der Waals surface area contributed by atoms with Crippen LogP contribution in [0.4, 0.5) is 24.7 Å². The number of benzene rings is 1. The molecule has 1 aliphatic rings. The van der Waals surface area contributed by atoms with E-state index in [0.717, 1.165) is 17.8 Å². The van der Waals surface area contributed by atoms with Crippen LogP contribution in [0.3, 0.4) is 0 Å². The lowest BCUT2D eigenvalue weighted by Gasteiger charge is -2.13. The molecule has 1 aliphatic carbocycles. The molecule has 21 heavy (non-hydrogen) atoms. The number of aryl methyl sites for hydroxylation is 1. The van der Waals surface area contributed by atoms with Crippen LogP contribution < -0.4 is 5.32 Å². The molecular weight excluding hydrogens is 283 g/mol. The maximum atomic E-state index is 12.5. The molecule has 110 valence electrons. The highest BCUT2D eigenvalue weighted by atomic mass is 19.4. The number of aliphatic hydroxyl groups excluding tert-OH is 1. The minimum absolute atomic E-state index is 0.435. The Morgan fingerprint density at radius 1 is 1.14 bits per heavy atom. The third-order valence-electron chi connectivity index (χ3n) is 3.43. The zero-order valence-corrected chi connectivity index (χ0v) is 10.9. The first-order valence-electron chi connectivity index (χ1n) is 6.41. The fourth-order valence-electron chi connectivity index (χ4n) is 2.38. The molecule has 3 rings (SSSR count). The average Bonchev–Trinajstić information content (AvgIpc) is 2.81. The third kappa shape index (κ3) is 2.69. The van der Waals surface area contributed by atoms with Gasteiger partial charge in [-0.15, -0.1) is 0 Å². The number of nitrogens with zero attached hydrogens (tertiary/aromatic N) is 2. The van der Waals surface area contributed by atoms with Crippen molar-refractivity contribution in [1.82, 2.24) is 9.97 Å². The largest absolute Gasteiger partial charge is 0.416 e. The number of nitrogens with one attached hydrogen (secondary N) is 1. The second kappa shape index (κ2) is 5.00. The van der Waals surface area contributed by atoms with Crippen LogP contribution in [0.1, 0.15) is 29.3 Å². The smallest absolute Gasteiger partial charge is 0.388 e. The molecule has 0 spiro atoms. The molecule has 2 aromatic rings. The number of hydrogen-bond donors (Lipinski definition) is 2. The highest BCUT2D eigenvalue weighted by Gasteiger charge is 2.30. The SMILES string of the molecule is OC1CCc2ncnc(Nc3ccc(C(F)(F)F)cc3)c21. The van der Waals surface area contributed by atoms with Gasteiger partial charge in [0, 0.05) is 11.3 Å². The molecule has 0 radical (unpaired) electrons. The van der Waals surface area contributed by atoms with Gasteiger partial charge in [0.05, 0.1) is 17.4 Å². The lowest BCUT2D eigenvalue weighted by atomic mass is 10.1. The van der Waals surface area contributed by atoms with Crippen LogP contribution in [0.5, 0.6) is 0 Å². The zero-order chi connectivity index (χ0) is 15.0. The minimum atomic E-state index is -4.36. The van der Waals surface area contributed by atoms with E-state index in [-0.39, 0.29) is 0 Å². The van der Waals surface area contributed by atoms with E-state index in [1.165, 1.54) is 18.5 Å². The molecule has 7 heteroatoms. The first kappa shape index (κ1) is 13.8. The Kier molecular flexibility index (Phi) is 3.29. The molecule has 0 fully saturated rings. The van der Waals surface area contributed by atoms with Crippen LogP contribution in [-0.4, -0.2) is 15.1 Å². The second-order valence-electron chi connectivity index (χ2n) is 4.84. The summed E-state index contributed by atoms with van der Waals surface area (Å²) in [6.07, 6.45) is -2.37. The number of anilines is 2. The van der Waals surface area contributed by atoms with Gasteiger partial charge in [-0.25, -0.2) is 9.97 Å². The minimum Gasteiger partial charge on any atom is -0.388 e. The Morgan fingerprint density at radius 3 is 2.52 bits per heavy atom. The van der Waals surface area contributed by atoms with Crippen molar-refractivity contribution in [3.8, 4) is 0 Å². The molecule has 1 heterocycles. The molecule has 0 saturated carbocycles. The monoisotopic (exact) mass is 295 g/mol. The molecule has 1 aromatic heterocycles. The molecule has 2 N–H and O–H groups in total. The first-order chi connectivity index (χ1) is 9.95. The van der Waals surface area contributed by atoms with Crippen LogP contribution in [0, 0.1) is 0 Å². The molecule has 0 bridgehead atoms. The fraction of sp³-hybridized carbons (Fsp3) is 0.286. The number of rotatable bonds is 2. The van der Waals surface area contributed by atoms with Crippen LogP contribution >= 0.6 is 0 Å². The third-order valence-corrected chi connectivity index (χ3v) is 3.43. The zero-order valence-electron chi connectivity index (χ0n) is 10.9. The van der Waals surface area contributed by atoms with Gasteiger partial charge in [0.1, 0.15) is 12.1 Å². The summed E-state index contributed by atoms with van der Waals surface area (Å²) in [6, 6.07) is 4.66. The van der Waals surface area contributed by atoms with Crippen molar-refractivity contribution < 1.29 is 18.3 Å². The van der Waals surface area contributed by atoms with Gasteiger partial charge in [-0.05, 0) is 37.1 Å². The van der Waals surface area contributed by atoms with E-state index >= 15 is 0 Å². The van der Waals surface area contributed by atoms with Gasteiger partial charge in [0.15, 0.2) is 0 Å². The standard InChI is InChI=1S/C14H12F3N3O/c15-14(16,17)8-1-3-9(4-2-8)20-13-12-10(18-7-19-13)5-6-11(12)21/h1-4,7,11,21H,5-6H2,(H,18,19,20). The van der Waals surface area contributed by atoms with Gasteiger partial charge in [0.25, 0.3) is 0 Å². The molecule has 0 aliphatic heterocycles. The number of aromatic nitrogens is 2. The topological polar surface area (TPSA) is 58.0 Å². The molecule has 0 saturated heterocycles. The van der Waals surface area contributed by atoms with Crippen LogP contribution in [-0.2, 0) is 12.6 Å². The Labute approximate surface area is 118 Å². The number of alkyl halides is 3. The molecule has 1 atom stereocenters. The quantitative estimate of drug-likeness (QED) is 0.893. The Bertz CT molecular complexity index is 656. The first-order valence-corrected chi connectivity index (χ1v) is 6.41. The van der Waals surface area contributed by atoms with E-state index in [1.807, 2.05) is 0 Å². The highest BCUT2D eigenvalue weighted by Crippen LogP contribution is 2.35. The van der Waals surface area contributed by atoms with Crippen molar-refractivity contribution in [3.05, 3.63) is 47.4 Å². The summed E-state index contributed by atoms with van der Waals surface area (Å²) in [5.74, 6) is 0.435. The maximum absolute atomic E-state index is 12.5. The summed E-state index contributed by atoms with van der Waals surface area (Å²) < 4.78 is 37.5. The van der Waals surface area contributed by atoms with Gasteiger partial charge in [-0.2, -0.15) is 13.2 Å². The Balaban J connectivity index is 1.87. The summed E-state index contributed by atoms with van der Waals surface area (Å²) in [5, 5.41) is 12.9. The van der Waals surface area contributed by atoms with E-state index in [4.69, 9.17) is 0 Å². The summed E-state index contributed by atoms with van der Waals surface area (Å²) in [6.45, 7) is 0. The molecule has 1 unspecified atom stereocenters. The van der Waals surface area contributed by atoms with Crippen molar-refractivity contribution in [3.63, 3.8) is 0 Å². The Morgan fingerprint density at radius 2 is 1.86 bits per heavy atom. The van der Waals surface area contributed by atoms with E-state index in [2.05, 4.69) is 15.3 Å². The maximum Gasteiger partial charge on any atom is 0.416 e. The van der Waals surface area contributed by atoms with Crippen molar-refractivity contribution in [2.24, 2.45) is 0 Å². The number of fused-ring (bicyclic) bond motifs is 1. The van der Waals surface area contributed by atoms with Crippen molar-refractivity contribution in [2.45, 2.75) is 25.1 Å². The summed E-state index contributed by atoms with van der Waals surface area (Å²) >= 11 is 0. The second-order valence-corrected chi connectivity index (χ2v) is 4.84. The summed E-state index contributed by atoms with van der Waals surface area (Å²) in [5.41, 5.74) is 1.16. The van der Waals surface area contributed by atoms with Gasteiger partial charge in [0.2, 0.25) is 0 Å². The van der Waals surface area contributed by atoms with E-state index in [0.29, 0.717) is 29.9 Å². The lowest BCUT2D eigenvalue weighted by molar-refractivity contribution is -0.137. The predicted octanol–water partition coefficient (Wildman–Crippen LogP) is 3.22. The van der Waals surface area contributed by atoms with Crippen molar-refractivity contribution >= 4 is 11.5 Å². The molecule has 1 aromatic carbocycles. The van der Waals surface area contributed by atoms with Crippen molar-refractivity contribution in [1.29, 1.82) is 0 Å². The fourth-order valence-corrected chi connectivity index (χ4v) is 2.38. The summed E-state index contributed by atoms with van der Waals surface area (Å²) in [7, 11) is 0. The van der Waals surface area contributed by atoms with Crippen molar-refractivity contribution in [2.75, 3.05) is 5.32 Å². The van der Waals surface area contributed by atoms with E-state index in [9.17, 15) is 18.3 Å². The Hall–Kier alpha value is -2.15. The average molecular weight is 295 g/mol. The molecule has 4 nitrogen and oxygen atoms in total. The van der Waals surface area contributed by atoms with Gasteiger partial charge < -0.3 is 10.4 Å². The number of aliphatic hydroxyl groups is 1. The van der Waals surface area contributed by atoms with Crippen LogP contribution in [0.15, 0.2) is 30.6 Å². The predicted molar refractivity (Wildman–Crippen MR) is 70.0 cm³/mol. The van der Waals surface area contributed by atoms with Crippen LogP contribution in [0.2, 0.25) is 0 Å². The van der Waals surface area contributed by atoms with Gasteiger partial charge in [-0.1, -0.05) is 0 Å². The van der Waals surface area contributed by atoms with Crippen LogP contribution in [0.25, 0.3) is 0 Å². The molecular formula is C14H12F3N3O. The summed E-state index contributed by atoms with van der Waals surface area (Å²) in [4.78, 5) is 8.16. The van der Waals surface area contributed by atoms with E-state index in [1.54, 1.807) is 0 Å². The van der Waals surface area contributed by atoms with E-state index < -0.39 is 17.8 Å².